The fourth-order valence-corrected chi connectivity index (χ4v) is 2.64. The number of hydrogen-bond acceptors (Lipinski definition) is 5. The van der Waals surface area contributed by atoms with E-state index in [2.05, 4.69) is 21.2 Å². The standard InChI is InChI=1S/C13H17BrN2O4/c14-11-1-2-12(16(18)19)10(7-11)8-15-9-13(17)3-5-20-6-4-13/h1-2,7,15,17H,3-6,8-9H2. The van der Waals surface area contributed by atoms with Crippen molar-refractivity contribution in [1.82, 2.24) is 5.32 Å². The molecule has 0 unspecified atom stereocenters. The van der Waals surface area contributed by atoms with Gasteiger partial charge in [0.2, 0.25) is 0 Å². The minimum Gasteiger partial charge on any atom is -0.388 e. The third kappa shape index (κ3) is 3.99. The lowest BCUT2D eigenvalue weighted by Gasteiger charge is -2.32. The van der Waals surface area contributed by atoms with E-state index in [1.165, 1.54) is 6.07 Å². The molecule has 1 aromatic rings. The summed E-state index contributed by atoms with van der Waals surface area (Å²) in [6.07, 6.45) is 1.17. The Hall–Kier alpha value is -1.02. The van der Waals surface area contributed by atoms with Gasteiger partial charge >= 0.3 is 0 Å². The molecule has 20 heavy (non-hydrogen) atoms. The number of aliphatic hydroxyl groups is 1. The second-order valence-electron chi connectivity index (χ2n) is 4.97. The second kappa shape index (κ2) is 6.62. The van der Waals surface area contributed by atoms with Crippen molar-refractivity contribution in [1.29, 1.82) is 0 Å². The second-order valence-corrected chi connectivity index (χ2v) is 5.89. The molecule has 1 aliphatic rings. The predicted octanol–water partition coefficient (Wildman–Crippen LogP) is 1.99. The molecule has 1 saturated heterocycles. The van der Waals surface area contributed by atoms with Crippen LogP contribution in [-0.2, 0) is 11.3 Å². The molecular formula is C13H17BrN2O4. The monoisotopic (exact) mass is 344 g/mol. The largest absolute Gasteiger partial charge is 0.388 e. The maximum atomic E-state index is 11.0. The van der Waals surface area contributed by atoms with Gasteiger partial charge < -0.3 is 15.2 Å². The number of nitrogens with one attached hydrogen (secondary N) is 1. The van der Waals surface area contributed by atoms with Crippen molar-refractivity contribution in [2.24, 2.45) is 0 Å². The minimum absolute atomic E-state index is 0.0830. The SMILES string of the molecule is O=[N+]([O-])c1ccc(Br)cc1CNCC1(O)CCOCC1. The highest BCUT2D eigenvalue weighted by molar-refractivity contribution is 9.10. The van der Waals surface area contributed by atoms with E-state index >= 15 is 0 Å². The summed E-state index contributed by atoms with van der Waals surface area (Å²) in [6.45, 7) is 1.85. The van der Waals surface area contributed by atoms with Gasteiger partial charge in [-0.2, -0.15) is 0 Å². The van der Waals surface area contributed by atoms with Gasteiger partial charge in [0.05, 0.1) is 10.5 Å². The van der Waals surface area contributed by atoms with Gasteiger partial charge in [0.1, 0.15) is 0 Å². The van der Waals surface area contributed by atoms with E-state index < -0.39 is 10.5 Å². The zero-order valence-corrected chi connectivity index (χ0v) is 12.6. The molecule has 110 valence electrons. The Morgan fingerprint density at radius 1 is 1.45 bits per heavy atom. The summed E-state index contributed by atoms with van der Waals surface area (Å²) in [5.74, 6) is 0. The smallest absolute Gasteiger partial charge is 0.273 e. The lowest BCUT2D eigenvalue weighted by atomic mass is 9.94. The maximum Gasteiger partial charge on any atom is 0.273 e. The Kier molecular flexibility index (Phi) is 5.09. The summed E-state index contributed by atoms with van der Waals surface area (Å²) in [6, 6.07) is 4.84. The normalized spacial score (nSPS) is 17.9. The van der Waals surface area contributed by atoms with Gasteiger partial charge in [0, 0.05) is 55.2 Å². The molecule has 0 saturated carbocycles. The van der Waals surface area contributed by atoms with Crippen LogP contribution in [0.4, 0.5) is 5.69 Å². The lowest BCUT2D eigenvalue weighted by molar-refractivity contribution is -0.385. The zero-order valence-electron chi connectivity index (χ0n) is 11.0. The van der Waals surface area contributed by atoms with Gasteiger partial charge in [-0.05, 0) is 12.1 Å². The fraction of sp³-hybridized carbons (Fsp3) is 0.538. The molecule has 0 bridgehead atoms. The molecule has 6 nitrogen and oxygen atoms in total. The average Bonchev–Trinajstić information content (AvgIpc) is 2.39. The van der Waals surface area contributed by atoms with Gasteiger partial charge in [-0.15, -0.1) is 0 Å². The molecule has 1 aliphatic heterocycles. The summed E-state index contributed by atoms with van der Waals surface area (Å²) >= 11 is 3.31. The van der Waals surface area contributed by atoms with Crippen molar-refractivity contribution in [3.8, 4) is 0 Å². The summed E-state index contributed by atoms with van der Waals surface area (Å²) in [5.41, 5.74) is -0.0984. The van der Waals surface area contributed by atoms with E-state index in [0.29, 0.717) is 44.7 Å². The number of ether oxygens (including phenoxy) is 1. The molecule has 2 N–H and O–H groups in total. The molecular weight excluding hydrogens is 328 g/mol. The Balaban J connectivity index is 1.96. The van der Waals surface area contributed by atoms with Crippen LogP contribution >= 0.6 is 15.9 Å². The summed E-state index contributed by atoms with van der Waals surface area (Å²) in [5, 5.41) is 24.4. The number of halogens is 1. The highest BCUT2D eigenvalue weighted by Crippen LogP contribution is 2.24. The molecule has 1 aromatic carbocycles. The van der Waals surface area contributed by atoms with Crippen LogP contribution in [0.2, 0.25) is 0 Å². The van der Waals surface area contributed by atoms with Gasteiger partial charge in [-0.1, -0.05) is 15.9 Å². The van der Waals surface area contributed by atoms with E-state index in [-0.39, 0.29) is 5.69 Å². The van der Waals surface area contributed by atoms with Gasteiger partial charge in [0.15, 0.2) is 0 Å². The number of nitro groups is 1. The van der Waals surface area contributed by atoms with E-state index in [1.807, 2.05) is 0 Å². The third-order valence-electron chi connectivity index (χ3n) is 3.43. The van der Waals surface area contributed by atoms with Crippen LogP contribution < -0.4 is 5.32 Å². The molecule has 1 heterocycles. The first kappa shape index (κ1) is 15.4. The van der Waals surface area contributed by atoms with Gasteiger partial charge in [-0.25, -0.2) is 0 Å². The van der Waals surface area contributed by atoms with Crippen LogP contribution in [0.25, 0.3) is 0 Å². The first-order valence-electron chi connectivity index (χ1n) is 6.44. The quantitative estimate of drug-likeness (QED) is 0.630. The topological polar surface area (TPSA) is 84.6 Å². The Bertz CT molecular complexity index is 489. The highest BCUT2D eigenvalue weighted by Gasteiger charge is 2.29. The first-order chi connectivity index (χ1) is 9.50. The van der Waals surface area contributed by atoms with Crippen molar-refractivity contribution in [3.63, 3.8) is 0 Å². The Labute approximate surface area is 125 Å². The van der Waals surface area contributed by atoms with Crippen molar-refractivity contribution >= 4 is 21.6 Å². The van der Waals surface area contributed by atoms with Crippen molar-refractivity contribution in [2.75, 3.05) is 19.8 Å². The predicted molar refractivity (Wildman–Crippen MR) is 77.5 cm³/mol. The van der Waals surface area contributed by atoms with Crippen molar-refractivity contribution in [3.05, 3.63) is 38.3 Å². The van der Waals surface area contributed by atoms with E-state index in [9.17, 15) is 15.2 Å². The molecule has 7 heteroatoms. The van der Waals surface area contributed by atoms with Crippen LogP contribution in [0, 0.1) is 10.1 Å². The summed E-state index contributed by atoms with van der Waals surface area (Å²) in [7, 11) is 0. The van der Waals surface area contributed by atoms with Crippen molar-refractivity contribution in [2.45, 2.75) is 25.0 Å². The van der Waals surface area contributed by atoms with Crippen LogP contribution in [0.15, 0.2) is 22.7 Å². The first-order valence-corrected chi connectivity index (χ1v) is 7.23. The molecule has 0 radical (unpaired) electrons. The summed E-state index contributed by atoms with van der Waals surface area (Å²) < 4.78 is 6.01. The van der Waals surface area contributed by atoms with Crippen LogP contribution in [0.1, 0.15) is 18.4 Å². The number of hydrogen-bond donors (Lipinski definition) is 2. The lowest BCUT2D eigenvalue weighted by Crippen LogP contribution is -2.44. The fourth-order valence-electron chi connectivity index (χ4n) is 2.23. The molecule has 0 aromatic heterocycles. The third-order valence-corrected chi connectivity index (χ3v) is 3.92. The Morgan fingerprint density at radius 3 is 2.80 bits per heavy atom. The van der Waals surface area contributed by atoms with Crippen LogP contribution in [0.3, 0.4) is 0 Å². The highest BCUT2D eigenvalue weighted by atomic mass is 79.9. The molecule has 2 rings (SSSR count). The molecule has 1 fully saturated rings. The summed E-state index contributed by atoms with van der Waals surface area (Å²) in [4.78, 5) is 10.6. The van der Waals surface area contributed by atoms with Gasteiger partial charge in [-0.3, -0.25) is 10.1 Å². The minimum atomic E-state index is -0.779. The van der Waals surface area contributed by atoms with Crippen LogP contribution in [0.5, 0.6) is 0 Å². The van der Waals surface area contributed by atoms with E-state index in [0.717, 1.165) is 4.47 Å². The number of nitro benzene ring substituents is 1. The number of benzene rings is 1. The molecule has 0 spiro atoms. The van der Waals surface area contributed by atoms with E-state index in [1.54, 1.807) is 12.1 Å². The number of nitrogens with zero attached hydrogens (tertiary/aromatic N) is 1. The average molecular weight is 345 g/mol. The van der Waals surface area contributed by atoms with Gasteiger partial charge in [0.25, 0.3) is 5.69 Å². The Morgan fingerprint density at radius 2 is 2.15 bits per heavy atom. The number of rotatable bonds is 5. The zero-order chi connectivity index (χ0) is 14.6. The van der Waals surface area contributed by atoms with Crippen LogP contribution in [-0.4, -0.2) is 35.4 Å². The molecule has 0 amide bonds. The maximum absolute atomic E-state index is 11.0. The van der Waals surface area contributed by atoms with Crippen molar-refractivity contribution < 1.29 is 14.8 Å². The van der Waals surface area contributed by atoms with E-state index in [4.69, 9.17) is 4.74 Å². The molecule has 0 aliphatic carbocycles. The molecule has 0 atom stereocenters.